The molecule has 1 aromatic rings. The molecule has 2 amide bonds. The number of aliphatic hydroxyl groups excluding tert-OH is 3. The van der Waals surface area contributed by atoms with Crippen molar-refractivity contribution in [1.29, 1.82) is 0 Å². The molecule has 2 heterocycles. The van der Waals surface area contributed by atoms with Crippen LogP contribution in [0.25, 0.3) is 0 Å². The Morgan fingerprint density at radius 3 is 2.38 bits per heavy atom. The number of hydrogen-bond donors (Lipinski definition) is 6. The van der Waals surface area contributed by atoms with Crippen molar-refractivity contribution < 1.29 is 67.3 Å². The van der Waals surface area contributed by atoms with Gasteiger partial charge in [0.25, 0.3) is 0 Å². The second-order valence-corrected chi connectivity index (χ2v) is 15.9. The van der Waals surface area contributed by atoms with Crippen LogP contribution in [0.5, 0.6) is 0 Å². The molecule has 0 bridgehead atoms. The van der Waals surface area contributed by atoms with Crippen molar-refractivity contribution in [1.82, 2.24) is 10.6 Å². The molecule has 2 fully saturated rings. The normalized spacial score (nSPS) is 28.2. The van der Waals surface area contributed by atoms with E-state index in [2.05, 4.69) is 10.6 Å². The molecule has 0 saturated carbocycles. The van der Waals surface area contributed by atoms with Crippen LogP contribution in [-0.2, 0) is 60.7 Å². The Labute approximate surface area is 317 Å². The van der Waals surface area contributed by atoms with E-state index in [0.717, 1.165) is 37.7 Å². The summed E-state index contributed by atoms with van der Waals surface area (Å²) in [6.45, 7) is -2.28. The molecule has 6 N–H and O–H groups in total. The van der Waals surface area contributed by atoms with Crippen LogP contribution >= 0.6 is 6.72 Å². The van der Waals surface area contributed by atoms with Gasteiger partial charge in [-0.3, -0.25) is 9.59 Å². The van der Waals surface area contributed by atoms with Gasteiger partial charge in [0.2, 0.25) is 11.8 Å². The van der Waals surface area contributed by atoms with E-state index in [9.17, 15) is 34.6 Å². The minimum Gasteiger partial charge on any atom is -0.431 e. The number of carbonyl (C=O) groups is 3. The van der Waals surface area contributed by atoms with Gasteiger partial charge < -0.3 is 63.6 Å². The van der Waals surface area contributed by atoms with E-state index < -0.39 is 74.2 Å². The summed E-state index contributed by atoms with van der Waals surface area (Å²) < 4.78 is 38.2. The number of rotatable bonds is 23. The van der Waals surface area contributed by atoms with Crippen LogP contribution in [0.4, 0.5) is 4.79 Å². The van der Waals surface area contributed by atoms with Gasteiger partial charge in [-0.2, -0.15) is 0 Å². The van der Waals surface area contributed by atoms with Gasteiger partial charge in [0.1, 0.15) is 57.6 Å². The largest absolute Gasteiger partial charge is 0.508 e. The number of unbranched alkanes of at least 4 members (excludes halogenated alkanes) is 5. The van der Waals surface area contributed by atoms with Crippen LogP contribution in [-0.4, -0.2) is 128 Å². The predicted octanol–water partition coefficient (Wildman–Crippen LogP) is 1.69. The van der Waals surface area contributed by atoms with Crippen molar-refractivity contribution in [2.45, 2.75) is 120 Å². The highest BCUT2D eigenvalue weighted by molar-refractivity contribution is 8.07. The molecule has 0 aromatic heterocycles. The number of amides is 2. The minimum absolute atomic E-state index is 0.0488. The van der Waals surface area contributed by atoms with Gasteiger partial charge in [-0.1, -0.05) is 56.0 Å². The SMILES string of the molecule is [B][C@@H]1O[C@H](COC(=O)OCc2ccccc2)[C@H](OP(O)(=S)OC)C1CCCCCCCNC(=O)CCCCO[C@@H]1O[C@H](CO)[C@H](O)[C@H](O)[C@H]1NC(C)=O. The Kier molecular flexibility index (Phi) is 20.2. The average Bonchev–Trinajstić information content (AvgIpc) is 3.42. The number of ether oxygens (including phenoxy) is 5. The molecule has 19 heteroatoms. The van der Waals surface area contributed by atoms with Crippen molar-refractivity contribution in [2.75, 3.05) is 33.5 Å². The van der Waals surface area contributed by atoms with Gasteiger partial charge >= 0.3 is 12.9 Å². The van der Waals surface area contributed by atoms with Crippen molar-refractivity contribution in [2.24, 2.45) is 5.92 Å². The van der Waals surface area contributed by atoms with Crippen LogP contribution in [0.1, 0.15) is 70.3 Å². The molecular weight excluding hydrogens is 734 g/mol. The number of nitrogens with one attached hydrogen (secondary N) is 2. The average molecular weight is 789 g/mol. The van der Waals surface area contributed by atoms with Crippen molar-refractivity contribution >= 4 is 44.3 Å². The van der Waals surface area contributed by atoms with Crippen molar-refractivity contribution in [3.63, 3.8) is 0 Å². The topological polar surface area (TPSA) is 221 Å². The standard InChI is InChI=1S/C34H54BN2O14PS/c1-22(39)37-28-30(42)29(41)25(19-38)50-33(28)46-18-12-10-16-27(40)36-17-11-5-3-4-9-15-24-31(51-52(44,53)45-2)26(49-32(24)35)21-48-34(43)47-20-23-13-7-6-8-14-23/h6-8,13-14,24-26,28-33,38,41-42H,3-5,9-12,15-21H2,1-2H3,(H,36,40)(H,37,39)(H,44,53)/t24?,25-,26-,28-,29+,30-,31-,32-,33-,52?/m1/s1. The maximum atomic E-state index is 12.3. The van der Waals surface area contributed by atoms with E-state index in [1.807, 2.05) is 30.3 Å². The van der Waals surface area contributed by atoms with E-state index >= 15 is 0 Å². The molecule has 298 valence electrons. The lowest BCUT2D eigenvalue weighted by Crippen LogP contribution is -2.64. The van der Waals surface area contributed by atoms with Crippen LogP contribution in [0, 0.1) is 5.92 Å². The molecule has 53 heavy (non-hydrogen) atoms. The Morgan fingerprint density at radius 2 is 1.68 bits per heavy atom. The first-order valence-corrected chi connectivity index (χ1v) is 20.5. The highest BCUT2D eigenvalue weighted by Gasteiger charge is 2.46. The number of carbonyl (C=O) groups excluding carboxylic acids is 3. The maximum absolute atomic E-state index is 12.3. The Morgan fingerprint density at radius 1 is 0.962 bits per heavy atom. The van der Waals surface area contributed by atoms with Crippen LogP contribution in [0.3, 0.4) is 0 Å². The fraction of sp³-hybridized carbons (Fsp3) is 0.735. The van der Waals surface area contributed by atoms with Crippen LogP contribution in [0.15, 0.2) is 30.3 Å². The fourth-order valence-electron chi connectivity index (χ4n) is 6.11. The summed E-state index contributed by atoms with van der Waals surface area (Å²) in [5, 5.41) is 35.3. The van der Waals surface area contributed by atoms with Gasteiger partial charge in [-0.05, 0) is 43.1 Å². The summed E-state index contributed by atoms with van der Waals surface area (Å²) in [6.07, 6.45) is -1.04. The molecule has 2 unspecified atom stereocenters. The summed E-state index contributed by atoms with van der Waals surface area (Å²) in [7, 11) is 7.54. The summed E-state index contributed by atoms with van der Waals surface area (Å²) >= 11 is 5.08. The number of hydrogen-bond acceptors (Lipinski definition) is 14. The number of aliphatic hydroxyl groups is 3. The first kappa shape index (κ1) is 45.2. The highest BCUT2D eigenvalue weighted by atomic mass is 32.5. The summed E-state index contributed by atoms with van der Waals surface area (Å²) in [4.78, 5) is 46.4. The molecule has 0 aliphatic carbocycles. The van der Waals surface area contributed by atoms with E-state index in [0.29, 0.717) is 32.2 Å². The van der Waals surface area contributed by atoms with Gasteiger partial charge in [0, 0.05) is 45.5 Å². The third kappa shape index (κ3) is 15.8. The zero-order chi connectivity index (χ0) is 38.8. The van der Waals surface area contributed by atoms with Crippen LogP contribution in [0.2, 0.25) is 0 Å². The lowest BCUT2D eigenvalue weighted by Gasteiger charge is -2.42. The molecule has 3 rings (SSSR count). The van der Waals surface area contributed by atoms with Gasteiger partial charge in [-0.25, -0.2) is 4.79 Å². The first-order valence-electron chi connectivity index (χ1n) is 17.9. The Balaban J connectivity index is 1.28. The number of benzene rings is 1. The summed E-state index contributed by atoms with van der Waals surface area (Å²) in [5.74, 6) is -0.849. The quantitative estimate of drug-likeness (QED) is 0.0402. The van der Waals surface area contributed by atoms with Gasteiger partial charge in [-0.15, -0.1) is 0 Å². The minimum atomic E-state index is -3.58. The van der Waals surface area contributed by atoms with Crippen molar-refractivity contribution in [3.8, 4) is 0 Å². The van der Waals surface area contributed by atoms with Crippen molar-refractivity contribution in [3.05, 3.63) is 35.9 Å². The van der Waals surface area contributed by atoms with E-state index in [-0.39, 0.29) is 31.6 Å². The molecule has 10 atom stereocenters. The molecule has 2 aliphatic rings. The molecule has 16 nitrogen and oxygen atoms in total. The van der Waals surface area contributed by atoms with Gasteiger partial charge in [0.05, 0.1) is 6.61 Å². The predicted molar refractivity (Wildman–Crippen MR) is 195 cm³/mol. The van der Waals surface area contributed by atoms with E-state index in [1.54, 1.807) is 0 Å². The molecular formula is C34H54BN2O14PS. The second kappa shape index (κ2) is 23.6. The lowest BCUT2D eigenvalue weighted by molar-refractivity contribution is -0.270. The molecule has 2 aliphatic heterocycles. The molecule has 0 spiro atoms. The molecule has 1 aromatic carbocycles. The summed E-state index contributed by atoms with van der Waals surface area (Å²) in [6, 6.07) is 7.42. The zero-order valence-electron chi connectivity index (χ0n) is 30.3. The van der Waals surface area contributed by atoms with Gasteiger partial charge in [0.15, 0.2) is 6.29 Å². The maximum Gasteiger partial charge on any atom is 0.508 e. The zero-order valence-corrected chi connectivity index (χ0v) is 32.0. The second-order valence-electron chi connectivity index (χ2n) is 13.0. The summed E-state index contributed by atoms with van der Waals surface area (Å²) in [5.41, 5.74) is 0.808. The third-order valence-corrected chi connectivity index (χ3v) is 10.6. The fourth-order valence-corrected chi connectivity index (χ4v) is 7.09. The molecule has 2 radical (unpaired) electrons. The Bertz CT molecular complexity index is 1310. The third-order valence-electron chi connectivity index (χ3n) is 8.96. The van der Waals surface area contributed by atoms with E-state index in [1.165, 1.54) is 14.0 Å². The monoisotopic (exact) mass is 788 g/mol. The first-order chi connectivity index (χ1) is 25.3. The molecule has 2 saturated heterocycles. The smallest absolute Gasteiger partial charge is 0.431 e. The van der Waals surface area contributed by atoms with E-state index in [4.69, 9.17) is 52.4 Å². The Hall–Kier alpha value is -2.22. The highest BCUT2D eigenvalue weighted by Crippen LogP contribution is 2.48. The van der Waals surface area contributed by atoms with Crippen LogP contribution < -0.4 is 10.6 Å². The lowest BCUT2D eigenvalue weighted by atomic mass is 9.81.